The van der Waals surface area contributed by atoms with E-state index in [1.165, 1.54) is 25.3 Å². The van der Waals surface area contributed by atoms with Crippen LogP contribution in [-0.4, -0.2) is 197 Å². The third-order valence-corrected chi connectivity index (χ3v) is 19.9. The summed E-state index contributed by atoms with van der Waals surface area (Å²) >= 11 is 0. The molecule has 90 heavy (non-hydrogen) atoms. The van der Waals surface area contributed by atoms with Crippen LogP contribution in [0.2, 0.25) is 0 Å². The van der Waals surface area contributed by atoms with E-state index >= 15 is 0 Å². The fourth-order valence-corrected chi connectivity index (χ4v) is 14.7. The molecular formula is C58H68N4O23S5-4. The number of nitrogens with one attached hydrogen (secondary N) is 1. The molecule has 2 atom stereocenters. The topological polar surface area (TPSA) is 405 Å². The lowest BCUT2D eigenvalue weighted by molar-refractivity contribution is -0.441. The molecule has 0 spiro atoms. The highest BCUT2D eigenvalue weighted by atomic mass is 32.2. The zero-order valence-electron chi connectivity index (χ0n) is 49.6. The lowest BCUT2D eigenvalue weighted by Gasteiger charge is -2.31. The van der Waals surface area contributed by atoms with Crippen LogP contribution in [0.25, 0.3) is 21.5 Å². The first-order valence-electron chi connectivity index (χ1n) is 28.3. The number of unbranched alkanes of at least 4 members (excludes halogenated alkanes) is 2. The van der Waals surface area contributed by atoms with Crippen LogP contribution in [0.4, 0.5) is 11.4 Å². The van der Waals surface area contributed by atoms with Gasteiger partial charge in [-0.2, -0.15) is 4.58 Å². The van der Waals surface area contributed by atoms with E-state index in [-0.39, 0.29) is 125 Å². The minimum absolute atomic E-state index is 0.00830. The van der Waals surface area contributed by atoms with E-state index in [9.17, 15) is 79.2 Å². The number of imide groups is 1. The van der Waals surface area contributed by atoms with Crippen LogP contribution < -0.4 is 10.2 Å². The molecule has 4 aromatic rings. The fraction of sp³-hybridized carbons (Fsp3) is 0.448. The summed E-state index contributed by atoms with van der Waals surface area (Å²) in [4.78, 5) is 35.8. The van der Waals surface area contributed by atoms with Gasteiger partial charge in [-0.25, -0.2) is 42.1 Å². The molecule has 0 fully saturated rings. The average Bonchev–Trinajstić information content (AvgIpc) is 1.52. The number of carbonyl (C=O) groups excluding carboxylic acids is 3. The van der Waals surface area contributed by atoms with Gasteiger partial charge in [-0.1, -0.05) is 30.7 Å². The highest BCUT2D eigenvalue weighted by molar-refractivity contribution is 7.87. The molecule has 0 radical (unpaired) electrons. The predicted molar refractivity (Wildman–Crippen MR) is 320 cm³/mol. The summed E-state index contributed by atoms with van der Waals surface area (Å²) in [7, 11) is -23.5. The Balaban J connectivity index is 1.32. The Bertz CT molecular complexity index is 4150. The van der Waals surface area contributed by atoms with Gasteiger partial charge in [0, 0.05) is 105 Å². The third-order valence-electron chi connectivity index (χ3n) is 15.7. The normalized spacial score (nSPS) is 18.7. The Kier molecular flexibility index (Phi) is 23.4. The number of carbonyl (C=O) groups is 3. The van der Waals surface area contributed by atoms with Crippen molar-refractivity contribution >= 4 is 107 Å². The van der Waals surface area contributed by atoms with Gasteiger partial charge in [0.25, 0.3) is 11.8 Å². The summed E-state index contributed by atoms with van der Waals surface area (Å²) in [5.74, 6) is -2.16. The van der Waals surface area contributed by atoms with Gasteiger partial charge in [0.15, 0.2) is 12.3 Å². The van der Waals surface area contributed by atoms with E-state index in [2.05, 4.69) is 5.32 Å². The number of methoxy groups -OCH3 is 2. The Morgan fingerprint density at radius 1 is 0.578 bits per heavy atom. The summed E-state index contributed by atoms with van der Waals surface area (Å²) in [6.45, 7) is 5.35. The lowest BCUT2D eigenvalue weighted by Crippen LogP contribution is -2.38. The SMILES string of the molecule is COCCOCCOCCOCCC1(C)\C(=C/C=C/C=C/C2=[N+](CCOC)c3ccc4c(S(=O)(=O)[O-])cc(S(=O)(=O)[O-])cc4c3C2(C)CCCS(=O)(=O)[O-])N(CCCCCC(=O)NCCN2C(=O)C=CC2=O)c2ccc3c(S(=O)(=O)[O-])cc(S(=O)(=O)[O-])cc3c21. The maximum atomic E-state index is 12.9. The number of anilines is 1. The molecule has 7 rings (SSSR count). The standard InChI is InChI=1S/C58H72N4O23S5/c1-57(21-11-35-86(66,67)68)50(61(26-28-81-3)47-18-16-42-44(55(47)57)36-40(87(69,70)71)38-48(42)89(75,76)77)12-7-5-8-13-51-58(2,22-27-83-31-32-85-34-33-84-30-29-82-4)56-45-37-41(88(72,73)74)39-49(90(78,79)80)43(45)15-17-46(56)60(51)24-10-6-9-14-52(63)59-23-25-62-53(64)19-20-54(62)65/h5,7-8,12-13,15-20,36-39H,6,9-11,14,21-35H2,1-4H3,(H5-,59,63,66,67,68,69,70,71,72,73,74,75,76,77,78,79,80)/p-4. The van der Waals surface area contributed by atoms with Crippen molar-refractivity contribution in [1.29, 1.82) is 0 Å². The number of ether oxygens (including phenoxy) is 5. The number of nitrogens with zero attached hydrogens (tertiary/aromatic N) is 3. The van der Waals surface area contributed by atoms with Gasteiger partial charge in [0.05, 0.1) is 74.8 Å². The number of benzene rings is 4. The van der Waals surface area contributed by atoms with E-state index in [0.717, 1.165) is 29.2 Å². The van der Waals surface area contributed by atoms with Gasteiger partial charge in [0.1, 0.15) is 47.1 Å². The Hall–Kier alpha value is -6.21. The molecule has 3 aliphatic rings. The Morgan fingerprint density at radius 2 is 1.13 bits per heavy atom. The van der Waals surface area contributed by atoms with Gasteiger partial charge in [-0.05, 0) is 110 Å². The van der Waals surface area contributed by atoms with E-state index in [0.29, 0.717) is 73.0 Å². The van der Waals surface area contributed by atoms with Crippen molar-refractivity contribution < 1.29 is 107 Å². The first kappa shape index (κ1) is 71.2. The number of amides is 3. The van der Waals surface area contributed by atoms with Crippen LogP contribution >= 0.6 is 0 Å². The first-order valence-corrected chi connectivity index (χ1v) is 35.5. The van der Waals surface area contributed by atoms with Gasteiger partial charge in [-0.15, -0.1) is 0 Å². The summed E-state index contributed by atoms with van der Waals surface area (Å²) in [5, 5.41) is 2.14. The molecule has 1 N–H and O–H groups in total. The number of rotatable bonds is 35. The minimum atomic E-state index is -5.43. The van der Waals surface area contributed by atoms with Crippen molar-refractivity contribution in [2.24, 2.45) is 0 Å². The van der Waals surface area contributed by atoms with Crippen LogP contribution in [0.3, 0.4) is 0 Å². The van der Waals surface area contributed by atoms with Crippen molar-refractivity contribution in [3.05, 3.63) is 108 Å². The number of allylic oxidation sites excluding steroid dienone is 6. The van der Waals surface area contributed by atoms with Gasteiger partial charge in [0.2, 0.25) is 11.6 Å². The minimum Gasteiger partial charge on any atom is -0.748 e. The van der Waals surface area contributed by atoms with Crippen LogP contribution in [0.1, 0.15) is 69.9 Å². The fourth-order valence-electron chi connectivity index (χ4n) is 11.6. The Morgan fingerprint density at radius 3 is 1.69 bits per heavy atom. The molecule has 0 aromatic heterocycles. The summed E-state index contributed by atoms with van der Waals surface area (Å²) in [6.07, 6.45) is 11.5. The smallest absolute Gasteiger partial charge is 0.253 e. The molecule has 32 heteroatoms. The molecule has 0 saturated heterocycles. The van der Waals surface area contributed by atoms with E-state index in [1.807, 2.05) is 4.90 Å². The largest absolute Gasteiger partial charge is 0.748 e. The maximum absolute atomic E-state index is 12.9. The van der Waals surface area contributed by atoms with E-state index < -0.39 is 98.6 Å². The molecule has 0 aliphatic carbocycles. The second-order valence-corrected chi connectivity index (χ2v) is 28.7. The molecular weight excluding hydrogens is 1280 g/mol. The van der Waals surface area contributed by atoms with Crippen LogP contribution in [0.15, 0.2) is 116 Å². The third kappa shape index (κ3) is 17.1. The highest BCUT2D eigenvalue weighted by Gasteiger charge is 2.49. The van der Waals surface area contributed by atoms with E-state index in [4.69, 9.17) is 23.7 Å². The monoisotopic (exact) mass is 1350 g/mol. The Labute approximate surface area is 522 Å². The van der Waals surface area contributed by atoms with Crippen molar-refractivity contribution in [3.63, 3.8) is 0 Å². The quantitative estimate of drug-likeness (QED) is 0.0227. The van der Waals surface area contributed by atoms with Crippen molar-refractivity contribution in [2.75, 3.05) is 104 Å². The number of hydrogen-bond acceptors (Lipinski definition) is 24. The lowest BCUT2D eigenvalue weighted by atomic mass is 9.74. The molecule has 27 nitrogen and oxygen atoms in total. The van der Waals surface area contributed by atoms with Crippen molar-refractivity contribution in [1.82, 2.24) is 10.2 Å². The van der Waals surface area contributed by atoms with Gasteiger partial charge >= 0.3 is 0 Å². The number of fused-ring (bicyclic) bond motifs is 6. The molecule has 3 aliphatic heterocycles. The summed E-state index contributed by atoms with van der Waals surface area (Å²) in [6, 6.07) is 8.63. The zero-order valence-corrected chi connectivity index (χ0v) is 53.7. The van der Waals surface area contributed by atoms with Crippen molar-refractivity contribution in [2.45, 2.75) is 89.2 Å². The van der Waals surface area contributed by atoms with Crippen LogP contribution in [0.5, 0.6) is 0 Å². The molecule has 4 aromatic carbocycles. The van der Waals surface area contributed by atoms with Crippen LogP contribution in [0, 0.1) is 0 Å². The van der Waals surface area contributed by atoms with Gasteiger partial charge in [-0.3, -0.25) is 19.3 Å². The van der Waals surface area contributed by atoms with Crippen molar-refractivity contribution in [3.8, 4) is 0 Å². The first-order chi connectivity index (χ1) is 42.3. The summed E-state index contributed by atoms with van der Waals surface area (Å²) in [5.41, 5.74) is -0.465. The highest BCUT2D eigenvalue weighted by Crippen LogP contribution is 2.54. The number of hydrogen-bond donors (Lipinski definition) is 1. The maximum Gasteiger partial charge on any atom is 0.253 e. The second-order valence-electron chi connectivity index (χ2n) is 21.7. The molecule has 0 saturated carbocycles. The van der Waals surface area contributed by atoms with E-state index in [1.54, 1.807) is 62.0 Å². The van der Waals surface area contributed by atoms with Gasteiger partial charge < -0.3 is 56.7 Å². The molecule has 492 valence electrons. The summed E-state index contributed by atoms with van der Waals surface area (Å²) < 4.78 is 218. The molecule has 3 heterocycles. The molecule has 2 unspecified atom stereocenters. The van der Waals surface area contributed by atoms with Crippen LogP contribution in [-0.2, 0) is 99.5 Å². The predicted octanol–water partition coefficient (Wildman–Crippen LogP) is 3.40. The molecule has 3 amide bonds. The second kappa shape index (κ2) is 29.6. The molecule has 0 bridgehead atoms. The average molecular weight is 1350 g/mol. The zero-order chi connectivity index (χ0) is 66.0.